The number of nitrogens with zero attached hydrogens (tertiary/aromatic N) is 3. The molecule has 2 aliphatic carbocycles. The van der Waals surface area contributed by atoms with Gasteiger partial charge in [0.1, 0.15) is 29.5 Å². The van der Waals surface area contributed by atoms with Crippen molar-refractivity contribution in [3.8, 4) is 0 Å². The van der Waals surface area contributed by atoms with Crippen molar-refractivity contribution in [3.63, 3.8) is 0 Å². The second-order valence-electron chi connectivity index (χ2n) is 14.2. The average Bonchev–Trinajstić information content (AvgIpc) is 3.88. The van der Waals surface area contributed by atoms with Crippen LogP contribution in [0.25, 0.3) is 0 Å². The molecule has 3 aliphatic heterocycles. The minimum absolute atomic E-state index is 0.0455. The van der Waals surface area contributed by atoms with Crippen LogP contribution in [0.1, 0.15) is 74.6 Å². The van der Waals surface area contributed by atoms with Gasteiger partial charge >= 0.3 is 12.3 Å². The maximum Gasteiger partial charge on any atom is 0.434 e. The highest BCUT2D eigenvalue weighted by Gasteiger charge is 2.62. The first-order valence-corrected chi connectivity index (χ1v) is 19.9. The Balaban J connectivity index is 1.15. The highest BCUT2D eigenvalue weighted by atomic mass is 32.2. The van der Waals surface area contributed by atoms with Gasteiger partial charge in [-0.05, 0) is 50.2 Å². The molecule has 1 saturated heterocycles. The molecule has 0 spiro atoms. The molecule has 7 rings (SSSR count). The van der Waals surface area contributed by atoms with Gasteiger partial charge in [0.2, 0.25) is 21.8 Å². The lowest BCUT2D eigenvalue weighted by Crippen LogP contribution is -2.57. The molecule has 53 heavy (non-hydrogen) atoms. The Hall–Kier alpha value is -4.26. The van der Waals surface area contributed by atoms with Gasteiger partial charge in [0, 0.05) is 29.8 Å². The zero-order valence-corrected chi connectivity index (χ0v) is 30.0. The number of ether oxygens (including phenoxy) is 1. The normalized spacial score (nSPS) is 28.5. The number of carbonyl (C=O) groups is 4. The summed E-state index contributed by atoms with van der Waals surface area (Å²) in [6.45, 7) is -0.225. The molecule has 13 nitrogen and oxygen atoms in total. The fourth-order valence-electron chi connectivity index (χ4n) is 7.19. The predicted octanol–water partition coefficient (Wildman–Crippen LogP) is 4.21. The van der Waals surface area contributed by atoms with Gasteiger partial charge in [0.15, 0.2) is 10.8 Å². The smallest absolute Gasteiger partial charge is 0.434 e. The lowest BCUT2D eigenvalue weighted by atomic mass is 10.1. The second-order valence-corrected chi connectivity index (χ2v) is 17.0. The topological polar surface area (TPSA) is 167 Å². The van der Waals surface area contributed by atoms with Crippen LogP contribution in [0.5, 0.6) is 0 Å². The number of amides is 4. The van der Waals surface area contributed by atoms with Crippen molar-refractivity contribution in [2.45, 2.75) is 106 Å². The van der Waals surface area contributed by atoms with Crippen LogP contribution in [0.15, 0.2) is 35.7 Å². The molecule has 5 aliphatic rings. The molecule has 1 aromatic heterocycles. The molecule has 0 bridgehead atoms. The third-order valence-corrected chi connectivity index (χ3v) is 13.0. The summed E-state index contributed by atoms with van der Waals surface area (Å²) in [4.78, 5) is 61.5. The number of thiazole rings is 1. The predicted molar refractivity (Wildman–Crippen MR) is 182 cm³/mol. The first-order chi connectivity index (χ1) is 25.1. The number of hydrogen-bond acceptors (Lipinski definition) is 10. The number of hydrogen-bond donors (Lipinski definition) is 3. The number of sulfonamides is 1. The Morgan fingerprint density at radius 1 is 1.09 bits per heavy atom. The van der Waals surface area contributed by atoms with Gasteiger partial charge in [0.05, 0.1) is 18.3 Å². The van der Waals surface area contributed by atoms with E-state index in [1.165, 1.54) is 21.9 Å². The SMILES string of the molecule is O=C1NC2(C(=O)NS(=O)(=O)C3CC3)CC2/C=C\CCCCCC(Nc2nc(C(F)(F)F)cs2)C(=O)N2C[C@H](OC(=O)N3Cc4cccc(F)c4C3)CC12. The summed E-state index contributed by atoms with van der Waals surface area (Å²) < 4.78 is 87.9. The van der Waals surface area contributed by atoms with Crippen molar-refractivity contribution in [1.82, 2.24) is 24.8 Å². The van der Waals surface area contributed by atoms with Gasteiger partial charge in [0.25, 0.3) is 5.91 Å². The largest absolute Gasteiger partial charge is 0.444 e. The number of anilines is 1. The van der Waals surface area contributed by atoms with E-state index in [0.29, 0.717) is 61.0 Å². The van der Waals surface area contributed by atoms with E-state index in [4.69, 9.17) is 4.74 Å². The maximum absolute atomic E-state index is 14.4. The Morgan fingerprint density at radius 3 is 2.60 bits per heavy atom. The van der Waals surface area contributed by atoms with E-state index in [-0.39, 0.29) is 44.0 Å². The Kier molecular flexibility index (Phi) is 9.92. The number of aromatic nitrogens is 1. The van der Waals surface area contributed by atoms with Crippen LogP contribution in [0.2, 0.25) is 0 Å². The molecule has 5 atom stereocenters. The number of benzene rings is 1. The molecule has 4 unspecified atom stereocenters. The Morgan fingerprint density at radius 2 is 1.89 bits per heavy atom. The number of halogens is 4. The standard InChI is InChI=1S/C34H38F4N6O7S2/c35-24-9-6-7-19-15-43(17-23(19)24)32(48)51-21-13-26-28(45)41-33(30(47)42-53(49,50)22-11-12-22)14-20(33)8-4-2-1-3-5-10-25(29(46)44(26)16-21)39-31-40-27(18-52-31)34(36,37)38/h4,6-9,18,20-22,25-26H,1-3,5,10-17H2,(H,39,40)(H,41,45)(H,42,47)/b8-4-/t20?,21-,25?,26?,33?/m1/s1. The number of alkyl halides is 3. The van der Waals surface area contributed by atoms with E-state index in [2.05, 4.69) is 20.3 Å². The first kappa shape index (κ1) is 37.1. The van der Waals surface area contributed by atoms with Crippen LogP contribution in [0, 0.1) is 11.7 Å². The third-order valence-electron chi connectivity index (χ3n) is 10.4. The molecular weight excluding hydrogens is 745 g/mol. The number of rotatable bonds is 6. The Labute approximate surface area is 306 Å². The van der Waals surface area contributed by atoms with E-state index in [1.54, 1.807) is 12.1 Å². The highest BCUT2D eigenvalue weighted by molar-refractivity contribution is 7.91. The van der Waals surface area contributed by atoms with Gasteiger partial charge in [-0.1, -0.05) is 37.1 Å². The molecular formula is C34H38F4N6O7S2. The molecule has 3 fully saturated rings. The molecule has 2 aromatic rings. The summed E-state index contributed by atoms with van der Waals surface area (Å²) in [5, 5.41) is 5.56. The van der Waals surface area contributed by atoms with Gasteiger partial charge in [-0.2, -0.15) is 13.2 Å². The fraction of sp³-hybridized carbons (Fsp3) is 0.559. The zero-order valence-electron chi connectivity index (χ0n) is 28.4. The summed E-state index contributed by atoms with van der Waals surface area (Å²) in [6.07, 6.45) is 0.475. The van der Waals surface area contributed by atoms with Crippen LogP contribution >= 0.6 is 11.3 Å². The summed E-state index contributed by atoms with van der Waals surface area (Å²) >= 11 is 0.677. The molecule has 19 heteroatoms. The lowest BCUT2D eigenvalue weighted by molar-refractivity contribution is -0.140. The zero-order chi connectivity index (χ0) is 37.7. The van der Waals surface area contributed by atoms with Crippen molar-refractivity contribution in [1.29, 1.82) is 0 Å². The number of carbonyl (C=O) groups excluding carboxylic acids is 4. The number of nitrogens with one attached hydrogen (secondary N) is 3. The second kappa shape index (κ2) is 14.2. The van der Waals surface area contributed by atoms with Crippen LogP contribution < -0.4 is 15.4 Å². The average molecular weight is 783 g/mol. The molecule has 286 valence electrons. The van der Waals surface area contributed by atoms with E-state index < -0.39 is 86.4 Å². The maximum atomic E-state index is 14.4. The highest BCUT2D eigenvalue weighted by Crippen LogP contribution is 2.46. The van der Waals surface area contributed by atoms with Crippen molar-refractivity contribution in [2.24, 2.45) is 5.92 Å². The fourth-order valence-corrected chi connectivity index (χ4v) is 9.33. The van der Waals surface area contributed by atoms with Gasteiger partial charge in [-0.15, -0.1) is 11.3 Å². The summed E-state index contributed by atoms with van der Waals surface area (Å²) in [5.74, 6) is -3.32. The number of fused-ring (bicyclic) bond motifs is 3. The summed E-state index contributed by atoms with van der Waals surface area (Å²) in [5.41, 5.74) is -1.78. The van der Waals surface area contributed by atoms with E-state index in [9.17, 15) is 45.2 Å². The van der Waals surface area contributed by atoms with Gasteiger partial charge < -0.3 is 20.3 Å². The Bertz CT molecular complexity index is 1940. The van der Waals surface area contributed by atoms with Crippen LogP contribution in [0.4, 0.5) is 27.5 Å². The quantitative estimate of drug-likeness (QED) is 0.288. The van der Waals surface area contributed by atoms with Crippen LogP contribution in [0.3, 0.4) is 0 Å². The van der Waals surface area contributed by atoms with Crippen molar-refractivity contribution >= 4 is 50.3 Å². The van der Waals surface area contributed by atoms with E-state index in [0.717, 1.165) is 5.38 Å². The monoisotopic (exact) mass is 782 g/mol. The van der Waals surface area contributed by atoms with Crippen LogP contribution in [-0.2, 0) is 48.4 Å². The van der Waals surface area contributed by atoms with Gasteiger partial charge in [-0.25, -0.2) is 22.6 Å². The van der Waals surface area contributed by atoms with E-state index >= 15 is 0 Å². The lowest BCUT2D eigenvalue weighted by Gasteiger charge is -2.29. The number of allylic oxidation sites excluding steroid dienone is 1. The minimum atomic E-state index is -4.70. The molecule has 4 heterocycles. The van der Waals surface area contributed by atoms with Crippen molar-refractivity contribution in [3.05, 3.63) is 58.4 Å². The van der Waals surface area contributed by atoms with E-state index in [1.807, 2.05) is 6.08 Å². The molecule has 3 N–H and O–H groups in total. The molecule has 0 radical (unpaired) electrons. The van der Waals surface area contributed by atoms with Crippen molar-refractivity contribution < 1.29 is 49.9 Å². The minimum Gasteiger partial charge on any atom is -0.444 e. The van der Waals surface area contributed by atoms with Crippen LogP contribution in [-0.4, -0.2) is 82.5 Å². The third kappa shape index (κ3) is 7.86. The molecule has 1 aromatic carbocycles. The summed E-state index contributed by atoms with van der Waals surface area (Å²) in [6, 6.07) is 2.09. The molecule has 4 amide bonds. The molecule has 2 saturated carbocycles. The first-order valence-electron chi connectivity index (χ1n) is 17.5. The van der Waals surface area contributed by atoms with Crippen molar-refractivity contribution in [2.75, 3.05) is 11.9 Å². The van der Waals surface area contributed by atoms with Gasteiger partial charge in [-0.3, -0.25) is 24.0 Å². The summed E-state index contributed by atoms with van der Waals surface area (Å²) in [7, 11) is -3.96.